The van der Waals surface area contributed by atoms with Crippen LogP contribution in [0.5, 0.6) is 0 Å². The summed E-state index contributed by atoms with van der Waals surface area (Å²) in [5.74, 6) is 0.181. The fraction of sp³-hybridized carbons (Fsp3) is 0.500. The van der Waals surface area contributed by atoms with E-state index in [1.165, 1.54) is 0 Å². The van der Waals surface area contributed by atoms with E-state index in [2.05, 4.69) is 13.8 Å². The molecule has 0 radical (unpaired) electrons. The zero-order valence-electron chi connectivity index (χ0n) is 7.91. The summed E-state index contributed by atoms with van der Waals surface area (Å²) in [5.41, 5.74) is 1.16. The summed E-state index contributed by atoms with van der Waals surface area (Å²) in [6.45, 7) is 6.15. The third-order valence-corrected chi connectivity index (χ3v) is 2.98. The van der Waals surface area contributed by atoms with E-state index in [1.807, 2.05) is 21.7 Å². The Labute approximate surface area is 82.2 Å². The molecule has 0 bridgehead atoms. The van der Waals surface area contributed by atoms with Gasteiger partial charge in [0, 0.05) is 18.5 Å². The van der Waals surface area contributed by atoms with Crippen molar-refractivity contribution >= 4 is 17.2 Å². The van der Waals surface area contributed by atoms with Gasteiger partial charge < -0.3 is 4.90 Å². The van der Waals surface area contributed by atoms with Gasteiger partial charge in [-0.1, -0.05) is 13.8 Å². The Kier molecular flexibility index (Phi) is 1.91. The van der Waals surface area contributed by atoms with Crippen molar-refractivity contribution in [1.82, 2.24) is 4.90 Å². The first kappa shape index (κ1) is 8.75. The zero-order chi connectivity index (χ0) is 9.47. The van der Waals surface area contributed by atoms with Gasteiger partial charge in [-0.25, -0.2) is 0 Å². The molecule has 13 heavy (non-hydrogen) atoms. The number of thiophene rings is 1. The summed E-state index contributed by atoms with van der Waals surface area (Å²) in [5, 5.41) is 3.85. The molecule has 1 aliphatic rings. The molecule has 0 spiro atoms. The molecule has 1 aromatic heterocycles. The summed E-state index contributed by atoms with van der Waals surface area (Å²) < 4.78 is 0. The number of carbonyl (C=O) groups is 1. The monoisotopic (exact) mass is 195 g/mol. The second-order valence-corrected chi connectivity index (χ2v) is 5.12. The molecule has 0 saturated carbocycles. The van der Waals surface area contributed by atoms with Crippen molar-refractivity contribution in [2.24, 2.45) is 5.41 Å². The Hall–Kier alpha value is -0.830. The summed E-state index contributed by atoms with van der Waals surface area (Å²) in [6.07, 6.45) is 0. The average Bonchev–Trinajstić information content (AvgIpc) is 2.50. The van der Waals surface area contributed by atoms with Crippen LogP contribution in [0.3, 0.4) is 0 Å². The third kappa shape index (κ3) is 1.61. The van der Waals surface area contributed by atoms with Crippen LogP contribution < -0.4 is 0 Å². The second kappa shape index (κ2) is 2.84. The smallest absolute Gasteiger partial charge is 0.254 e. The first-order valence-corrected chi connectivity index (χ1v) is 5.34. The van der Waals surface area contributed by atoms with Gasteiger partial charge in [-0.15, -0.1) is 0 Å². The lowest BCUT2D eigenvalue weighted by molar-refractivity contribution is 0.0237. The minimum absolute atomic E-state index is 0.181. The second-order valence-electron chi connectivity index (χ2n) is 4.34. The van der Waals surface area contributed by atoms with Crippen molar-refractivity contribution < 1.29 is 4.79 Å². The van der Waals surface area contributed by atoms with Crippen molar-refractivity contribution in [2.45, 2.75) is 13.8 Å². The molecule has 0 aliphatic carbocycles. The van der Waals surface area contributed by atoms with Crippen LogP contribution >= 0.6 is 11.3 Å². The van der Waals surface area contributed by atoms with E-state index in [0.29, 0.717) is 5.41 Å². The molecular weight excluding hydrogens is 182 g/mol. The van der Waals surface area contributed by atoms with E-state index >= 15 is 0 Å². The lowest BCUT2D eigenvalue weighted by atomic mass is 9.84. The minimum Gasteiger partial charge on any atom is -0.337 e. The summed E-state index contributed by atoms with van der Waals surface area (Å²) in [7, 11) is 0. The number of hydrogen-bond acceptors (Lipinski definition) is 2. The maximum absolute atomic E-state index is 11.7. The highest BCUT2D eigenvalue weighted by molar-refractivity contribution is 7.08. The Morgan fingerprint density at radius 3 is 2.69 bits per heavy atom. The Morgan fingerprint density at radius 1 is 1.54 bits per heavy atom. The molecule has 1 aliphatic heterocycles. The van der Waals surface area contributed by atoms with Crippen LogP contribution in [0.2, 0.25) is 0 Å². The molecule has 2 nitrogen and oxygen atoms in total. The van der Waals surface area contributed by atoms with Gasteiger partial charge in [0.2, 0.25) is 0 Å². The van der Waals surface area contributed by atoms with Gasteiger partial charge in [-0.05, 0) is 16.9 Å². The van der Waals surface area contributed by atoms with Crippen LogP contribution in [-0.2, 0) is 0 Å². The van der Waals surface area contributed by atoms with E-state index in [9.17, 15) is 4.79 Å². The highest BCUT2D eigenvalue weighted by Gasteiger charge is 2.37. The van der Waals surface area contributed by atoms with Gasteiger partial charge in [0.15, 0.2) is 0 Å². The Balaban J connectivity index is 2.02. The Morgan fingerprint density at radius 2 is 2.23 bits per heavy atom. The van der Waals surface area contributed by atoms with E-state index in [0.717, 1.165) is 18.7 Å². The average molecular weight is 195 g/mol. The van der Waals surface area contributed by atoms with Crippen LogP contribution in [0, 0.1) is 5.41 Å². The summed E-state index contributed by atoms with van der Waals surface area (Å²) >= 11 is 1.57. The van der Waals surface area contributed by atoms with Crippen LogP contribution in [-0.4, -0.2) is 23.9 Å². The number of carbonyl (C=O) groups excluding carboxylic acids is 1. The standard InChI is InChI=1S/C10H13NOS/c1-10(2)6-11(7-10)9(12)8-3-4-13-5-8/h3-5H,6-7H2,1-2H3. The molecule has 1 amide bonds. The van der Waals surface area contributed by atoms with Gasteiger partial charge in [0.25, 0.3) is 5.91 Å². The SMILES string of the molecule is CC1(C)CN(C(=O)c2ccsc2)C1. The molecule has 2 heterocycles. The van der Waals surface area contributed by atoms with Gasteiger partial charge in [-0.3, -0.25) is 4.79 Å². The fourth-order valence-corrected chi connectivity index (χ4v) is 2.33. The van der Waals surface area contributed by atoms with Crippen LogP contribution in [0.1, 0.15) is 24.2 Å². The molecule has 0 unspecified atom stereocenters. The van der Waals surface area contributed by atoms with Crippen LogP contribution in [0.25, 0.3) is 0 Å². The number of hydrogen-bond donors (Lipinski definition) is 0. The Bertz CT molecular complexity index is 308. The highest BCUT2D eigenvalue weighted by Crippen LogP contribution is 2.30. The quantitative estimate of drug-likeness (QED) is 0.673. The highest BCUT2D eigenvalue weighted by atomic mass is 32.1. The summed E-state index contributed by atoms with van der Waals surface area (Å²) in [4.78, 5) is 13.6. The molecule has 1 saturated heterocycles. The first-order valence-electron chi connectivity index (χ1n) is 4.40. The predicted octanol–water partition coefficient (Wildman–Crippen LogP) is 2.23. The minimum atomic E-state index is 0.181. The van der Waals surface area contributed by atoms with Crippen molar-refractivity contribution in [2.75, 3.05) is 13.1 Å². The molecule has 0 aromatic carbocycles. The number of rotatable bonds is 1. The van der Waals surface area contributed by atoms with E-state index in [1.54, 1.807) is 11.3 Å². The fourth-order valence-electron chi connectivity index (χ4n) is 1.70. The van der Waals surface area contributed by atoms with Crippen molar-refractivity contribution in [3.8, 4) is 0 Å². The molecule has 1 aromatic rings. The molecule has 2 rings (SSSR count). The predicted molar refractivity (Wildman–Crippen MR) is 54.0 cm³/mol. The molecule has 0 N–H and O–H groups in total. The summed E-state index contributed by atoms with van der Waals surface area (Å²) in [6, 6.07) is 1.89. The molecule has 70 valence electrons. The van der Waals surface area contributed by atoms with E-state index < -0.39 is 0 Å². The lowest BCUT2D eigenvalue weighted by Gasteiger charge is -2.45. The maximum Gasteiger partial charge on any atom is 0.254 e. The van der Waals surface area contributed by atoms with Gasteiger partial charge >= 0.3 is 0 Å². The number of likely N-dealkylation sites (tertiary alicyclic amines) is 1. The third-order valence-electron chi connectivity index (χ3n) is 2.29. The maximum atomic E-state index is 11.7. The topological polar surface area (TPSA) is 20.3 Å². The number of nitrogens with zero attached hydrogens (tertiary/aromatic N) is 1. The van der Waals surface area contributed by atoms with Crippen LogP contribution in [0.15, 0.2) is 16.8 Å². The van der Waals surface area contributed by atoms with Crippen LogP contribution in [0.4, 0.5) is 0 Å². The first-order chi connectivity index (χ1) is 6.08. The normalized spacial score (nSPS) is 19.7. The van der Waals surface area contributed by atoms with Crippen molar-refractivity contribution in [3.63, 3.8) is 0 Å². The molecular formula is C10H13NOS. The van der Waals surface area contributed by atoms with Gasteiger partial charge in [-0.2, -0.15) is 11.3 Å². The number of amides is 1. The molecule has 0 atom stereocenters. The van der Waals surface area contributed by atoms with E-state index in [-0.39, 0.29) is 5.91 Å². The molecule has 1 fully saturated rings. The van der Waals surface area contributed by atoms with Crippen molar-refractivity contribution in [3.05, 3.63) is 22.4 Å². The van der Waals surface area contributed by atoms with Gasteiger partial charge in [0.05, 0.1) is 5.56 Å². The zero-order valence-corrected chi connectivity index (χ0v) is 8.73. The largest absolute Gasteiger partial charge is 0.337 e. The molecule has 3 heteroatoms. The lowest BCUT2D eigenvalue weighted by Crippen LogP contribution is -2.55. The van der Waals surface area contributed by atoms with Crippen molar-refractivity contribution in [1.29, 1.82) is 0 Å². The van der Waals surface area contributed by atoms with E-state index in [4.69, 9.17) is 0 Å². The van der Waals surface area contributed by atoms with Gasteiger partial charge in [0.1, 0.15) is 0 Å².